The molecule has 4 heteroatoms. The number of ether oxygens (including phenoxy) is 2. The number of benzene rings is 2. The first-order chi connectivity index (χ1) is 13.6. The molecule has 1 aliphatic heterocycles. The van der Waals surface area contributed by atoms with Crippen molar-refractivity contribution in [1.29, 1.82) is 0 Å². The average molecular weight is 382 g/mol. The summed E-state index contributed by atoms with van der Waals surface area (Å²) in [4.78, 5) is 13.1. The van der Waals surface area contributed by atoms with Gasteiger partial charge in [-0.2, -0.15) is 0 Å². The number of carbonyl (C=O) groups excluding carboxylic acids is 1. The van der Waals surface area contributed by atoms with E-state index < -0.39 is 0 Å². The largest absolute Gasteiger partial charge is 0.497 e. The van der Waals surface area contributed by atoms with E-state index in [1.807, 2.05) is 12.1 Å². The van der Waals surface area contributed by atoms with Crippen LogP contribution in [0.15, 0.2) is 48.5 Å². The van der Waals surface area contributed by atoms with E-state index in [-0.39, 0.29) is 17.4 Å². The predicted molar refractivity (Wildman–Crippen MR) is 113 cm³/mol. The first-order valence-electron chi connectivity index (χ1n) is 10.2. The van der Waals surface area contributed by atoms with Crippen LogP contribution >= 0.6 is 0 Å². The topological polar surface area (TPSA) is 47.6 Å². The molecule has 0 saturated carbocycles. The summed E-state index contributed by atoms with van der Waals surface area (Å²) in [5.41, 5.74) is 3.10. The van der Waals surface area contributed by atoms with Gasteiger partial charge in [0.1, 0.15) is 5.75 Å². The van der Waals surface area contributed by atoms with E-state index in [1.54, 1.807) is 7.11 Å². The Hall–Kier alpha value is -2.33. The minimum atomic E-state index is -0.389. The maximum absolute atomic E-state index is 13.1. The van der Waals surface area contributed by atoms with E-state index in [4.69, 9.17) is 9.47 Å². The second-order valence-electron chi connectivity index (χ2n) is 7.78. The molecule has 1 heterocycles. The van der Waals surface area contributed by atoms with E-state index >= 15 is 0 Å². The third-order valence-corrected chi connectivity index (χ3v) is 5.81. The quantitative estimate of drug-likeness (QED) is 0.761. The molecule has 0 aliphatic carbocycles. The monoisotopic (exact) mass is 381 g/mol. The number of amides is 1. The molecule has 1 atom stereocenters. The molecule has 0 unspecified atom stereocenters. The lowest BCUT2D eigenvalue weighted by Crippen LogP contribution is -2.48. The van der Waals surface area contributed by atoms with Gasteiger partial charge >= 0.3 is 0 Å². The maximum Gasteiger partial charge on any atom is 0.226 e. The van der Waals surface area contributed by atoms with Crippen LogP contribution < -0.4 is 10.1 Å². The summed E-state index contributed by atoms with van der Waals surface area (Å²) in [6, 6.07) is 16.8. The number of methoxy groups -OCH3 is 1. The van der Waals surface area contributed by atoms with E-state index in [0.29, 0.717) is 13.2 Å². The third kappa shape index (κ3) is 4.74. The highest BCUT2D eigenvalue weighted by Crippen LogP contribution is 2.36. The highest BCUT2D eigenvalue weighted by Gasteiger charge is 2.40. The Morgan fingerprint density at radius 1 is 1.14 bits per heavy atom. The van der Waals surface area contributed by atoms with Crippen LogP contribution in [0, 0.1) is 5.41 Å². The number of nitrogens with one attached hydrogen (secondary N) is 1. The standard InChI is InChI=1S/C24H31NO3/c1-4-18(2)25-23(26)24(12-14-28-15-13-24)17-19-6-5-7-21(16-19)20-8-10-22(27-3)11-9-20/h5-11,16,18H,4,12-15,17H2,1-3H3,(H,25,26)/t18-/m0/s1. The Morgan fingerprint density at radius 2 is 1.86 bits per heavy atom. The van der Waals surface area contributed by atoms with Crippen molar-refractivity contribution >= 4 is 5.91 Å². The normalized spacial score (nSPS) is 17.0. The van der Waals surface area contributed by atoms with Gasteiger partial charge in [0.05, 0.1) is 12.5 Å². The summed E-state index contributed by atoms with van der Waals surface area (Å²) in [7, 11) is 1.67. The summed E-state index contributed by atoms with van der Waals surface area (Å²) in [5, 5.41) is 3.21. The Labute approximate surface area is 168 Å². The molecule has 28 heavy (non-hydrogen) atoms. The number of hydrogen-bond donors (Lipinski definition) is 1. The summed E-state index contributed by atoms with van der Waals surface area (Å²) in [6.07, 6.45) is 3.21. The molecule has 1 aliphatic rings. The van der Waals surface area contributed by atoms with Crippen molar-refractivity contribution in [1.82, 2.24) is 5.32 Å². The summed E-state index contributed by atoms with van der Waals surface area (Å²) >= 11 is 0. The van der Waals surface area contributed by atoms with Gasteiger partial charge < -0.3 is 14.8 Å². The second kappa shape index (κ2) is 9.24. The third-order valence-electron chi connectivity index (χ3n) is 5.81. The molecular weight excluding hydrogens is 350 g/mol. The van der Waals surface area contributed by atoms with E-state index in [0.717, 1.165) is 42.6 Å². The molecular formula is C24H31NO3. The fourth-order valence-electron chi connectivity index (χ4n) is 3.76. The highest BCUT2D eigenvalue weighted by atomic mass is 16.5. The van der Waals surface area contributed by atoms with Gasteiger partial charge in [-0.15, -0.1) is 0 Å². The number of carbonyl (C=O) groups is 1. The van der Waals surface area contributed by atoms with Gasteiger partial charge in [-0.05, 0) is 61.4 Å². The molecule has 2 aromatic carbocycles. The van der Waals surface area contributed by atoms with Crippen LogP contribution in [0.3, 0.4) is 0 Å². The number of rotatable bonds is 7. The fourth-order valence-corrected chi connectivity index (χ4v) is 3.76. The number of hydrogen-bond acceptors (Lipinski definition) is 3. The van der Waals surface area contributed by atoms with Crippen LogP contribution in [-0.2, 0) is 16.0 Å². The lowest BCUT2D eigenvalue weighted by atomic mass is 9.74. The smallest absolute Gasteiger partial charge is 0.226 e. The average Bonchev–Trinajstić information content (AvgIpc) is 2.74. The van der Waals surface area contributed by atoms with Gasteiger partial charge in [0.2, 0.25) is 5.91 Å². The zero-order chi connectivity index (χ0) is 20.0. The van der Waals surface area contributed by atoms with E-state index in [9.17, 15) is 4.79 Å². The molecule has 0 bridgehead atoms. The van der Waals surface area contributed by atoms with Gasteiger partial charge in [0, 0.05) is 19.3 Å². The molecule has 2 aromatic rings. The lowest BCUT2D eigenvalue weighted by Gasteiger charge is -2.37. The van der Waals surface area contributed by atoms with Crippen LogP contribution in [-0.4, -0.2) is 32.3 Å². The first-order valence-corrected chi connectivity index (χ1v) is 10.2. The molecule has 4 nitrogen and oxygen atoms in total. The Balaban J connectivity index is 1.83. The molecule has 3 rings (SSSR count). The minimum Gasteiger partial charge on any atom is -0.497 e. The van der Waals surface area contributed by atoms with Crippen LogP contribution in [0.25, 0.3) is 11.1 Å². The summed E-state index contributed by atoms with van der Waals surface area (Å²) in [5.74, 6) is 1.02. The minimum absolute atomic E-state index is 0.167. The maximum atomic E-state index is 13.1. The SMILES string of the molecule is CC[C@H](C)NC(=O)C1(Cc2cccc(-c3ccc(OC)cc3)c2)CCOCC1. The van der Waals surface area contributed by atoms with Gasteiger partial charge in [-0.25, -0.2) is 0 Å². The van der Waals surface area contributed by atoms with Crippen molar-refractivity contribution in [3.8, 4) is 16.9 Å². The molecule has 1 fully saturated rings. The van der Waals surface area contributed by atoms with Crippen molar-refractivity contribution in [3.05, 3.63) is 54.1 Å². The molecule has 150 valence electrons. The fraction of sp³-hybridized carbons (Fsp3) is 0.458. The lowest BCUT2D eigenvalue weighted by molar-refractivity contribution is -0.137. The second-order valence-corrected chi connectivity index (χ2v) is 7.78. The molecule has 1 amide bonds. The van der Waals surface area contributed by atoms with Crippen LogP contribution in [0.4, 0.5) is 0 Å². The van der Waals surface area contributed by atoms with Gasteiger partial charge in [0.25, 0.3) is 0 Å². The van der Waals surface area contributed by atoms with Crippen molar-refractivity contribution in [3.63, 3.8) is 0 Å². The van der Waals surface area contributed by atoms with Crippen LogP contribution in [0.5, 0.6) is 5.75 Å². The molecule has 0 aromatic heterocycles. The molecule has 1 N–H and O–H groups in total. The first kappa shape index (κ1) is 20.4. The van der Waals surface area contributed by atoms with Gasteiger partial charge in [-0.3, -0.25) is 4.79 Å². The van der Waals surface area contributed by atoms with E-state index in [2.05, 4.69) is 55.6 Å². The molecule has 0 spiro atoms. The van der Waals surface area contributed by atoms with E-state index in [1.165, 1.54) is 5.56 Å². The zero-order valence-electron chi connectivity index (χ0n) is 17.2. The van der Waals surface area contributed by atoms with Crippen LogP contribution in [0.2, 0.25) is 0 Å². The van der Waals surface area contributed by atoms with Crippen molar-refractivity contribution in [2.45, 2.75) is 45.6 Å². The van der Waals surface area contributed by atoms with Crippen molar-refractivity contribution in [2.24, 2.45) is 5.41 Å². The van der Waals surface area contributed by atoms with Gasteiger partial charge in [0.15, 0.2) is 0 Å². The van der Waals surface area contributed by atoms with Gasteiger partial charge in [-0.1, -0.05) is 43.3 Å². The highest BCUT2D eigenvalue weighted by molar-refractivity contribution is 5.83. The molecule has 1 saturated heterocycles. The molecule has 0 radical (unpaired) electrons. The predicted octanol–water partition coefficient (Wildman–Crippen LogP) is 4.62. The van der Waals surface area contributed by atoms with Crippen molar-refractivity contribution < 1.29 is 14.3 Å². The van der Waals surface area contributed by atoms with Crippen LogP contribution in [0.1, 0.15) is 38.7 Å². The Kier molecular flexibility index (Phi) is 6.74. The van der Waals surface area contributed by atoms with Crippen molar-refractivity contribution in [2.75, 3.05) is 20.3 Å². The zero-order valence-corrected chi connectivity index (χ0v) is 17.2. The Morgan fingerprint density at radius 3 is 2.50 bits per heavy atom. The summed E-state index contributed by atoms with van der Waals surface area (Å²) < 4.78 is 10.8. The summed E-state index contributed by atoms with van der Waals surface area (Å²) in [6.45, 7) is 5.45. The Bertz CT molecular complexity index is 779.